The third-order valence-electron chi connectivity index (χ3n) is 5.17. The first kappa shape index (κ1) is 21.5. The summed E-state index contributed by atoms with van der Waals surface area (Å²) in [7, 11) is 0.0532. The van der Waals surface area contributed by atoms with Gasteiger partial charge in [-0.2, -0.15) is 0 Å². The quantitative estimate of drug-likeness (QED) is 0.528. The van der Waals surface area contributed by atoms with Crippen molar-refractivity contribution in [1.29, 1.82) is 0 Å². The van der Waals surface area contributed by atoms with Crippen molar-refractivity contribution in [3.05, 3.63) is 23.8 Å². The second-order valence-corrected chi connectivity index (χ2v) is 9.15. The van der Waals surface area contributed by atoms with Crippen LogP contribution in [-0.4, -0.2) is 59.3 Å². The Bertz CT molecular complexity index is 736. The van der Waals surface area contributed by atoms with E-state index in [0.29, 0.717) is 31.6 Å². The fourth-order valence-corrected chi connectivity index (χ4v) is 5.13. The maximum Gasteiger partial charge on any atom is 0.313 e. The number of rotatable bonds is 8. The number of benzene rings is 1. The Balaban J connectivity index is 2.24. The molecule has 0 saturated carbocycles. The number of hydrogen-bond acceptors (Lipinski definition) is 7. The van der Waals surface area contributed by atoms with E-state index in [9.17, 15) is 13.2 Å². The van der Waals surface area contributed by atoms with Crippen LogP contribution in [0.2, 0.25) is 0 Å². The lowest BCUT2D eigenvalue weighted by atomic mass is 9.94. The molecule has 1 aromatic rings. The summed E-state index contributed by atoms with van der Waals surface area (Å²) in [6, 6.07) is 5.77. The molecule has 8 heteroatoms. The van der Waals surface area contributed by atoms with Gasteiger partial charge in [0.15, 0.2) is 0 Å². The van der Waals surface area contributed by atoms with Gasteiger partial charge in [-0.3, -0.25) is 4.79 Å². The first-order chi connectivity index (χ1) is 12.8. The van der Waals surface area contributed by atoms with Gasteiger partial charge in [-0.1, -0.05) is 6.07 Å². The molecule has 1 heterocycles. The number of sulfone groups is 1. The van der Waals surface area contributed by atoms with Crippen molar-refractivity contribution >= 4 is 27.2 Å². The number of carbonyl (C=O) groups excluding carboxylic acids is 1. The zero-order chi connectivity index (χ0) is 20.0. The number of ether oxygens (including phenoxy) is 2. The SMILES string of the molecule is CCN(c1ccc(C(CCOC)C(=O)OC)cc1N)C1CCS(=O)(=O)CC1. The van der Waals surface area contributed by atoms with Crippen LogP contribution in [0.4, 0.5) is 11.4 Å². The van der Waals surface area contributed by atoms with E-state index in [1.807, 2.05) is 25.1 Å². The van der Waals surface area contributed by atoms with Crippen LogP contribution in [-0.2, 0) is 24.1 Å². The Morgan fingerprint density at radius 1 is 1.30 bits per heavy atom. The second kappa shape index (κ2) is 9.41. The molecule has 1 aliphatic rings. The molecule has 1 fully saturated rings. The highest BCUT2D eigenvalue weighted by Crippen LogP contribution is 2.33. The van der Waals surface area contributed by atoms with E-state index in [0.717, 1.165) is 17.8 Å². The molecule has 2 N–H and O–H groups in total. The first-order valence-electron chi connectivity index (χ1n) is 9.26. The molecule has 1 saturated heterocycles. The lowest BCUT2D eigenvalue weighted by Crippen LogP contribution is -2.41. The molecular formula is C19H30N2O5S. The summed E-state index contributed by atoms with van der Waals surface area (Å²) in [6.07, 6.45) is 1.73. The van der Waals surface area contributed by atoms with Crippen LogP contribution >= 0.6 is 0 Å². The molecule has 1 unspecified atom stereocenters. The summed E-state index contributed by atoms with van der Waals surface area (Å²) in [5.74, 6) is -0.313. The average Bonchev–Trinajstić information content (AvgIpc) is 2.65. The number of hydrogen-bond donors (Lipinski definition) is 1. The maximum atomic E-state index is 12.1. The number of carbonyl (C=O) groups is 1. The number of nitrogens with zero attached hydrogens (tertiary/aromatic N) is 1. The molecule has 0 spiro atoms. The Morgan fingerprint density at radius 3 is 2.48 bits per heavy atom. The smallest absolute Gasteiger partial charge is 0.313 e. The number of methoxy groups -OCH3 is 2. The van der Waals surface area contributed by atoms with Gasteiger partial charge in [0.05, 0.1) is 35.9 Å². The highest BCUT2D eigenvalue weighted by molar-refractivity contribution is 7.91. The number of nitrogens with two attached hydrogens (primary N) is 1. The van der Waals surface area contributed by atoms with E-state index in [4.69, 9.17) is 15.2 Å². The molecule has 7 nitrogen and oxygen atoms in total. The third-order valence-corrected chi connectivity index (χ3v) is 6.88. The molecule has 0 aromatic heterocycles. The van der Waals surface area contributed by atoms with Gasteiger partial charge in [-0.25, -0.2) is 8.42 Å². The molecule has 1 aliphatic heterocycles. The van der Waals surface area contributed by atoms with E-state index < -0.39 is 15.8 Å². The summed E-state index contributed by atoms with van der Waals surface area (Å²) in [5.41, 5.74) is 8.57. The van der Waals surface area contributed by atoms with Crippen LogP contribution < -0.4 is 10.6 Å². The topological polar surface area (TPSA) is 98.9 Å². The number of nitrogen functional groups attached to an aromatic ring is 1. The molecule has 152 valence electrons. The van der Waals surface area contributed by atoms with Crippen LogP contribution in [0.25, 0.3) is 0 Å². The second-order valence-electron chi connectivity index (χ2n) is 6.84. The Labute approximate surface area is 161 Å². The molecule has 2 rings (SSSR count). The third kappa shape index (κ3) is 5.35. The van der Waals surface area contributed by atoms with Gasteiger partial charge in [0.25, 0.3) is 0 Å². The van der Waals surface area contributed by atoms with Gasteiger partial charge in [0.1, 0.15) is 9.84 Å². The van der Waals surface area contributed by atoms with Crippen LogP contribution in [0.3, 0.4) is 0 Å². The zero-order valence-corrected chi connectivity index (χ0v) is 17.1. The monoisotopic (exact) mass is 398 g/mol. The van der Waals surface area contributed by atoms with Crippen molar-refractivity contribution in [3.8, 4) is 0 Å². The zero-order valence-electron chi connectivity index (χ0n) is 16.3. The molecule has 0 radical (unpaired) electrons. The van der Waals surface area contributed by atoms with E-state index in [1.165, 1.54) is 7.11 Å². The average molecular weight is 399 g/mol. The van der Waals surface area contributed by atoms with Crippen LogP contribution in [0, 0.1) is 0 Å². The van der Waals surface area contributed by atoms with E-state index in [-0.39, 0.29) is 23.5 Å². The fraction of sp³-hybridized carbons (Fsp3) is 0.632. The predicted octanol–water partition coefficient (Wildman–Crippen LogP) is 1.97. The number of anilines is 2. The summed E-state index contributed by atoms with van der Waals surface area (Å²) in [4.78, 5) is 14.3. The Kier molecular flexibility index (Phi) is 7.49. The van der Waals surface area contributed by atoms with Crippen LogP contribution in [0.1, 0.15) is 37.7 Å². The van der Waals surface area contributed by atoms with Crippen molar-refractivity contribution in [1.82, 2.24) is 0 Å². The number of esters is 1. The van der Waals surface area contributed by atoms with E-state index in [1.54, 1.807) is 7.11 Å². The minimum absolute atomic E-state index is 0.150. The van der Waals surface area contributed by atoms with Crippen LogP contribution in [0.5, 0.6) is 0 Å². The normalized spacial score (nSPS) is 18.0. The Morgan fingerprint density at radius 2 is 1.96 bits per heavy atom. The van der Waals surface area contributed by atoms with E-state index >= 15 is 0 Å². The highest BCUT2D eigenvalue weighted by Gasteiger charge is 2.29. The van der Waals surface area contributed by atoms with Crippen molar-refractivity contribution in [2.24, 2.45) is 0 Å². The summed E-state index contributed by atoms with van der Waals surface area (Å²) in [6.45, 7) is 3.21. The minimum Gasteiger partial charge on any atom is -0.469 e. The predicted molar refractivity (Wildman–Crippen MR) is 107 cm³/mol. The van der Waals surface area contributed by atoms with Crippen molar-refractivity contribution in [2.75, 3.05) is 49.5 Å². The lowest BCUT2D eigenvalue weighted by Gasteiger charge is -2.36. The molecular weight excluding hydrogens is 368 g/mol. The van der Waals surface area contributed by atoms with Crippen LogP contribution in [0.15, 0.2) is 18.2 Å². The molecule has 27 heavy (non-hydrogen) atoms. The van der Waals surface area contributed by atoms with Gasteiger partial charge in [-0.05, 0) is 43.9 Å². The summed E-state index contributed by atoms with van der Waals surface area (Å²) >= 11 is 0. The minimum atomic E-state index is -2.91. The molecule has 0 amide bonds. The first-order valence-corrected chi connectivity index (χ1v) is 11.1. The molecule has 1 atom stereocenters. The summed E-state index contributed by atoms with van der Waals surface area (Å²) in [5, 5.41) is 0. The molecule has 1 aromatic carbocycles. The van der Waals surface area contributed by atoms with Crippen molar-refractivity contribution < 1.29 is 22.7 Å². The van der Waals surface area contributed by atoms with Crippen molar-refractivity contribution in [2.45, 2.75) is 38.1 Å². The maximum absolute atomic E-state index is 12.1. The largest absolute Gasteiger partial charge is 0.469 e. The fourth-order valence-electron chi connectivity index (χ4n) is 3.66. The van der Waals surface area contributed by atoms with Gasteiger partial charge in [0, 0.05) is 26.3 Å². The van der Waals surface area contributed by atoms with Gasteiger partial charge in [0.2, 0.25) is 0 Å². The highest BCUT2D eigenvalue weighted by atomic mass is 32.2. The molecule has 0 aliphatic carbocycles. The van der Waals surface area contributed by atoms with Gasteiger partial charge >= 0.3 is 5.97 Å². The summed E-state index contributed by atoms with van der Waals surface area (Å²) < 4.78 is 33.4. The lowest BCUT2D eigenvalue weighted by molar-refractivity contribution is -0.142. The molecule has 0 bridgehead atoms. The Hall–Kier alpha value is -1.80. The van der Waals surface area contributed by atoms with Gasteiger partial charge < -0.3 is 20.1 Å². The standard InChI is InChI=1S/C19H30N2O5S/c1-4-21(15-8-11-27(23,24)12-9-15)18-6-5-14(13-17(18)20)16(7-10-25-2)19(22)26-3/h5-6,13,15-16H,4,7-12,20H2,1-3H3. The van der Waals surface area contributed by atoms with Crippen molar-refractivity contribution in [3.63, 3.8) is 0 Å². The van der Waals surface area contributed by atoms with E-state index in [2.05, 4.69) is 4.90 Å². The van der Waals surface area contributed by atoms with Gasteiger partial charge in [-0.15, -0.1) is 0 Å².